The SMILES string of the molecule is CC(C)(C)C(=O)OCC1OC(n2ccc(O)cc2=O)C(O)C1O. The molecule has 0 aromatic carbocycles. The lowest BCUT2D eigenvalue weighted by Gasteiger charge is -2.20. The number of aromatic hydroxyl groups is 1. The van der Waals surface area contributed by atoms with E-state index in [-0.39, 0.29) is 12.4 Å². The monoisotopic (exact) mass is 327 g/mol. The van der Waals surface area contributed by atoms with Crippen molar-refractivity contribution in [3.63, 3.8) is 0 Å². The zero-order valence-corrected chi connectivity index (χ0v) is 13.2. The molecule has 0 aliphatic carbocycles. The summed E-state index contributed by atoms with van der Waals surface area (Å²) < 4.78 is 11.6. The van der Waals surface area contributed by atoms with Crippen LogP contribution < -0.4 is 5.56 Å². The van der Waals surface area contributed by atoms with E-state index < -0.39 is 41.5 Å². The van der Waals surface area contributed by atoms with E-state index in [1.165, 1.54) is 12.3 Å². The molecule has 1 fully saturated rings. The molecule has 4 atom stereocenters. The standard InChI is InChI=1S/C15H21NO7/c1-15(2,3)14(21)22-7-9-11(19)12(20)13(23-9)16-5-4-8(17)6-10(16)18/h4-6,9,11-13,17,19-20H,7H2,1-3H3. The molecule has 1 aromatic rings. The molecule has 8 nitrogen and oxygen atoms in total. The molecule has 0 bridgehead atoms. The predicted octanol–water partition coefficient (Wildman–Crippen LogP) is -0.238. The van der Waals surface area contributed by atoms with Crippen LogP contribution in [0, 0.1) is 5.41 Å². The van der Waals surface area contributed by atoms with Crippen LogP contribution in [0.5, 0.6) is 5.75 Å². The Kier molecular flexibility index (Phi) is 4.79. The molecule has 3 N–H and O–H groups in total. The zero-order chi connectivity index (χ0) is 17.4. The minimum absolute atomic E-state index is 0.213. The molecule has 1 saturated heterocycles. The first kappa shape index (κ1) is 17.5. The van der Waals surface area contributed by atoms with E-state index in [9.17, 15) is 24.9 Å². The lowest BCUT2D eigenvalue weighted by atomic mass is 9.97. The average molecular weight is 327 g/mol. The zero-order valence-electron chi connectivity index (χ0n) is 13.2. The Balaban J connectivity index is 2.09. The Labute approximate surface area is 132 Å². The number of carbonyl (C=O) groups is 1. The first-order chi connectivity index (χ1) is 10.6. The van der Waals surface area contributed by atoms with Crippen LogP contribution in [-0.2, 0) is 14.3 Å². The van der Waals surface area contributed by atoms with Gasteiger partial charge in [0.2, 0.25) is 0 Å². The third kappa shape index (κ3) is 3.72. The smallest absolute Gasteiger partial charge is 0.311 e. The van der Waals surface area contributed by atoms with Crippen molar-refractivity contribution < 1.29 is 29.6 Å². The first-order valence-corrected chi connectivity index (χ1v) is 7.21. The number of esters is 1. The van der Waals surface area contributed by atoms with Crippen molar-refractivity contribution in [2.45, 2.75) is 45.3 Å². The van der Waals surface area contributed by atoms with E-state index in [1.54, 1.807) is 20.8 Å². The predicted molar refractivity (Wildman–Crippen MR) is 78.7 cm³/mol. The van der Waals surface area contributed by atoms with E-state index in [1.807, 2.05) is 0 Å². The van der Waals surface area contributed by atoms with Crippen molar-refractivity contribution in [1.82, 2.24) is 4.57 Å². The number of aliphatic hydroxyl groups is 2. The lowest BCUT2D eigenvalue weighted by molar-refractivity contribution is -0.159. The number of pyridine rings is 1. The number of ether oxygens (including phenoxy) is 2. The molecule has 8 heteroatoms. The molecule has 2 heterocycles. The molecule has 128 valence electrons. The summed E-state index contributed by atoms with van der Waals surface area (Å²) in [4.78, 5) is 23.6. The summed E-state index contributed by atoms with van der Waals surface area (Å²) >= 11 is 0. The number of rotatable bonds is 3. The van der Waals surface area contributed by atoms with Crippen LogP contribution in [0.15, 0.2) is 23.1 Å². The molecule has 1 aliphatic rings. The van der Waals surface area contributed by atoms with E-state index in [2.05, 4.69) is 0 Å². The molecular formula is C15H21NO7. The maximum absolute atomic E-state index is 11.8. The Hall–Kier alpha value is -1.90. The highest BCUT2D eigenvalue weighted by Gasteiger charge is 2.44. The molecule has 0 amide bonds. The van der Waals surface area contributed by atoms with E-state index >= 15 is 0 Å². The molecule has 1 aliphatic heterocycles. The molecule has 0 radical (unpaired) electrons. The van der Waals surface area contributed by atoms with E-state index in [0.717, 1.165) is 10.6 Å². The fourth-order valence-corrected chi connectivity index (χ4v) is 2.16. The number of hydrogen-bond acceptors (Lipinski definition) is 7. The minimum atomic E-state index is -1.37. The molecule has 2 rings (SSSR count). The van der Waals surface area contributed by atoms with Gasteiger partial charge in [0.25, 0.3) is 5.56 Å². The highest BCUT2D eigenvalue weighted by molar-refractivity contribution is 5.75. The van der Waals surface area contributed by atoms with Gasteiger partial charge in [-0.2, -0.15) is 0 Å². The minimum Gasteiger partial charge on any atom is -0.508 e. The van der Waals surface area contributed by atoms with Gasteiger partial charge in [-0.3, -0.25) is 14.2 Å². The first-order valence-electron chi connectivity index (χ1n) is 7.21. The van der Waals surface area contributed by atoms with Crippen LogP contribution in [0.2, 0.25) is 0 Å². The molecule has 1 aromatic heterocycles. The van der Waals surface area contributed by atoms with E-state index in [0.29, 0.717) is 0 Å². The van der Waals surface area contributed by atoms with Crippen molar-refractivity contribution in [2.75, 3.05) is 6.61 Å². The third-order valence-electron chi connectivity index (χ3n) is 3.53. The van der Waals surface area contributed by atoms with Gasteiger partial charge in [0.1, 0.15) is 30.7 Å². The van der Waals surface area contributed by atoms with Gasteiger partial charge in [-0.15, -0.1) is 0 Å². The van der Waals surface area contributed by atoms with Crippen molar-refractivity contribution in [1.29, 1.82) is 0 Å². The van der Waals surface area contributed by atoms with Crippen molar-refractivity contribution in [3.05, 3.63) is 28.7 Å². The highest BCUT2D eigenvalue weighted by Crippen LogP contribution is 2.29. The van der Waals surface area contributed by atoms with Gasteiger partial charge in [0, 0.05) is 12.3 Å². The average Bonchev–Trinajstić information content (AvgIpc) is 2.72. The maximum Gasteiger partial charge on any atom is 0.311 e. The van der Waals surface area contributed by atoms with Gasteiger partial charge >= 0.3 is 5.97 Å². The summed E-state index contributed by atoms with van der Waals surface area (Å²) in [5.41, 5.74) is -1.29. The fourth-order valence-electron chi connectivity index (χ4n) is 2.16. The third-order valence-corrected chi connectivity index (χ3v) is 3.53. The van der Waals surface area contributed by atoms with Crippen molar-refractivity contribution >= 4 is 5.97 Å². The topological polar surface area (TPSA) is 118 Å². The summed E-state index contributed by atoms with van der Waals surface area (Å²) in [6.45, 7) is 4.83. The Bertz CT molecular complexity index is 633. The largest absolute Gasteiger partial charge is 0.508 e. The Morgan fingerprint density at radius 3 is 2.57 bits per heavy atom. The van der Waals surface area contributed by atoms with Crippen LogP contribution in [-0.4, -0.2) is 50.8 Å². The number of nitrogens with zero attached hydrogens (tertiary/aromatic N) is 1. The van der Waals surface area contributed by atoms with Crippen molar-refractivity contribution in [3.8, 4) is 5.75 Å². The van der Waals surface area contributed by atoms with Gasteiger partial charge in [-0.1, -0.05) is 0 Å². The molecule has 23 heavy (non-hydrogen) atoms. The van der Waals surface area contributed by atoms with Crippen LogP contribution in [0.3, 0.4) is 0 Å². The van der Waals surface area contributed by atoms with Crippen LogP contribution in [0.25, 0.3) is 0 Å². The fraction of sp³-hybridized carbons (Fsp3) is 0.600. The van der Waals surface area contributed by atoms with Crippen LogP contribution in [0.1, 0.15) is 27.0 Å². The van der Waals surface area contributed by atoms with Gasteiger partial charge < -0.3 is 24.8 Å². The van der Waals surface area contributed by atoms with E-state index in [4.69, 9.17) is 9.47 Å². The summed E-state index contributed by atoms with van der Waals surface area (Å²) in [6, 6.07) is 2.23. The normalized spacial score (nSPS) is 27.9. The number of aromatic nitrogens is 1. The lowest BCUT2D eigenvalue weighted by Crippen LogP contribution is -2.36. The second-order valence-electron chi connectivity index (χ2n) is 6.53. The van der Waals surface area contributed by atoms with Crippen LogP contribution >= 0.6 is 0 Å². The summed E-state index contributed by atoms with van der Waals surface area (Å²) in [6.07, 6.45) is -3.51. The van der Waals surface area contributed by atoms with Gasteiger partial charge in [0.05, 0.1) is 5.41 Å². The van der Waals surface area contributed by atoms with Gasteiger partial charge in [-0.05, 0) is 26.8 Å². The number of hydrogen-bond donors (Lipinski definition) is 3. The number of carbonyl (C=O) groups excluding carboxylic acids is 1. The molecule has 0 saturated carbocycles. The Morgan fingerprint density at radius 2 is 2.00 bits per heavy atom. The number of aliphatic hydroxyl groups excluding tert-OH is 2. The second kappa shape index (κ2) is 6.31. The van der Waals surface area contributed by atoms with Crippen molar-refractivity contribution in [2.24, 2.45) is 5.41 Å². The molecule has 4 unspecified atom stereocenters. The summed E-state index contributed by atoms with van der Waals surface area (Å²) in [5, 5.41) is 29.3. The van der Waals surface area contributed by atoms with Gasteiger partial charge in [-0.25, -0.2) is 0 Å². The van der Waals surface area contributed by atoms with Gasteiger partial charge in [0.15, 0.2) is 6.23 Å². The Morgan fingerprint density at radius 1 is 1.35 bits per heavy atom. The summed E-state index contributed by atoms with van der Waals surface area (Å²) in [5.74, 6) is -0.678. The molecule has 0 spiro atoms. The molecular weight excluding hydrogens is 306 g/mol. The summed E-state index contributed by atoms with van der Waals surface area (Å²) in [7, 11) is 0. The quantitative estimate of drug-likeness (QED) is 0.656. The highest BCUT2D eigenvalue weighted by atomic mass is 16.6. The van der Waals surface area contributed by atoms with Crippen LogP contribution in [0.4, 0.5) is 0 Å². The second-order valence-corrected chi connectivity index (χ2v) is 6.53. The maximum atomic E-state index is 11.8.